The number of hydrogen-bond donors (Lipinski definition) is 1. The van der Waals surface area contributed by atoms with Gasteiger partial charge in [0.2, 0.25) is 0 Å². The quantitative estimate of drug-likeness (QED) is 0.886. The van der Waals surface area contributed by atoms with Crippen LogP contribution in [0.15, 0.2) is 22.7 Å². The fraction of sp³-hybridized carbons (Fsp3) is 0.286. The first kappa shape index (κ1) is 14.3. The molecular weight excluding hydrogens is 326 g/mol. The van der Waals surface area contributed by atoms with Crippen LogP contribution in [0.1, 0.15) is 18.2 Å². The molecule has 0 radical (unpaired) electrons. The van der Waals surface area contributed by atoms with E-state index in [9.17, 15) is 0 Å². The molecule has 0 aliphatic heterocycles. The number of hydrogen-bond acceptors (Lipinski definition) is 3. The summed E-state index contributed by atoms with van der Waals surface area (Å²) in [5.74, 6) is 1.51. The molecule has 0 atom stereocenters. The second-order valence-corrected chi connectivity index (χ2v) is 5.58. The third-order valence-electron chi connectivity index (χ3n) is 2.91. The smallest absolute Gasteiger partial charge is 0.163 e. The van der Waals surface area contributed by atoms with E-state index in [2.05, 4.69) is 31.2 Å². The van der Waals surface area contributed by atoms with E-state index in [1.807, 2.05) is 39.0 Å². The Kier molecular flexibility index (Phi) is 4.42. The van der Waals surface area contributed by atoms with Crippen molar-refractivity contribution in [2.75, 3.05) is 11.9 Å². The fourth-order valence-electron chi connectivity index (χ4n) is 1.76. The molecule has 0 aliphatic rings. The van der Waals surface area contributed by atoms with Gasteiger partial charge >= 0.3 is 0 Å². The highest BCUT2D eigenvalue weighted by molar-refractivity contribution is 9.10. The van der Waals surface area contributed by atoms with Crippen LogP contribution in [0.25, 0.3) is 11.4 Å². The van der Waals surface area contributed by atoms with Gasteiger partial charge in [0.25, 0.3) is 0 Å². The van der Waals surface area contributed by atoms with Gasteiger partial charge in [-0.05, 0) is 39.0 Å². The summed E-state index contributed by atoms with van der Waals surface area (Å²) in [7, 11) is 0. The molecule has 0 saturated carbocycles. The monoisotopic (exact) mass is 339 g/mol. The minimum atomic E-state index is 0.639. The Morgan fingerprint density at radius 1 is 1.26 bits per heavy atom. The predicted octanol–water partition coefficient (Wildman–Crippen LogP) is 4.61. The van der Waals surface area contributed by atoms with E-state index in [1.165, 1.54) is 0 Å². The van der Waals surface area contributed by atoms with Crippen molar-refractivity contribution in [3.05, 3.63) is 39.0 Å². The molecule has 0 amide bonds. The molecule has 1 aromatic heterocycles. The Bertz CT molecular complexity index is 614. The first-order valence-electron chi connectivity index (χ1n) is 6.07. The van der Waals surface area contributed by atoms with E-state index >= 15 is 0 Å². The predicted molar refractivity (Wildman–Crippen MR) is 83.8 cm³/mol. The van der Waals surface area contributed by atoms with Gasteiger partial charge in [-0.15, -0.1) is 0 Å². The van der Waals surface area contributed by atoms with E-state index in [1.54, 1.807) is 0 Å². The van der Waals surface area contributed by atoms with Gasteiger partial charge in [0, 0.05) is 27.8 Å². The fourth-order valence-corrected chi connectivity index (χ4v) is 2.52. The van der Waals surface area contributed by atoms with Gasteiger partial charge in [0.15, 0.2) is 5.82 Å². The summed E-state index contributed by atoms with van der Waals surface area (Å²) >= 11 is 9.65. The third-order valence-corrected chi connectivity index (χ3v) is 3.71. The van der Waals surface area contributed by atoms with Crippen molar-refractivity contribution in [1.82, 2.24) is 9.97 Å². The molecular formula is C14H15BrClN3. The highest BCUT2D eigenvalue weighted by atomic mass is 79.9. The molecule has 5 heteroatoms. The summed E-state index contributed by atoms with van der Waals surface area (Å²) in [4.78, 5) is 9.09. The van der Waals surface area contributed by atoms with Gasteiger partial charge < -0.3 is 5.32 Å². The van der Waals surface area contributed by atoms with Gasteiger partial charge in [-0.3, -0.25) is 0 Å². The van der Waals surface area contributed by atoms with E-state index in [4.69, 9.17) is 11.6 Å². The minimum Gasteiger partial charge on any atom is -0.370 e. The van der Waals surface area contributed by atoms with Crippen molar-refractivity contribution >= 4 is 33.3 Å². The molecule has 100 valence electrons. The number of benzene rings is 1. The molecule has 0 saturated heterocycles. The maximum Gasteiger partial charge on any atom is 0.163 e. The van der Waals surface area contributed by atoms with Crippen LogP contribution >= 0.6 is 27.5 Å². The number of anilines is 1. The summed E-state index contributed by atoms with van der Waals surface area (Å²) < 4.78 is 0.942. The van der Waals surface area contributed by atoms with Gasteiger partial charge in [-0.1, -0.05) is 27.5 Å². The van der Waals surface area contributed by atoms with Crippen molar-refractivity contribution in [3.8, 4) is 11.4 Å². The van der Waals surface area contributed by atoms with Gasteiger partial charge in [-0.25, -0.2) is 9.97 Å². The van der Waals surface area contributed by atoms with Crippen molar-refractivity contribution < 1.29 is 0 Å². The molecule has 1 heterocycles. The van der Waals surface area contributed by atoms with Crippen LogP contribution in [0, 0.1) is 13.8 Å². The molecule has 3 nitrogen and oxygen atoms in total. The summed E-state index contributed by atoms with van der Waals surface area (Å²) in [5.41, 5.74) is 2.87. The molecule has 2 rings (SSSR count). The first-order chi connectivity index (χ1) is 9.02. The van der Waals surface area contributed by atoms with Crippen molar-refractivity contribution in [1.29, 1.82) is 0 Å². The summed E-state index contributed by atoms with van der Waals surface area (Å²) in [6.07, 6.45) is 0. The molecule has 0 fully saturated rings. The Morgan fingerprint density at radius 3 is 2.63 bits per heavy atom. The zero-order valence-corrected chi connectivity index (χ0v) is 13.4. The molecule has 0 spiro atoms. The number of halogens is 2. The van der Waals surface area contributed by atoms with Crippen LogP contribution in [0.2, 0.25) is 5.02 Å². The topological polar surface area (TPSA) is 37.8 Å². The van der Waals surface area contributed by atoms with Crippen LogP contribution in [0.3, 0.4) is 0 Å². The summed E-state index contributed by atoms with van der Waals surface area (Å²) in [6.45, 7) is 6.86. The zero-order chi connectivity index (χ0) is 14.0. The van der Waals surface area contributed by atoms with Gasteiger partial charge in [0.1, 0.15) is 5.82 Å². The van der Waals surface area contributed by atoms with E-state index in [-0.39, 0.29) is 0 Å². The number of aryl methyl sites for hydroxylation is 1. The van der Waals surface area contributed by atoms with Crippen LogP contribution in [-0.2, 0) is 0 Å². The van der Waals surface area contributed by atoms with Crippen LogP contribution in [0.4, 0.5) is 5.82 Å². The largest absolute Gasteiger partial charge is 0.370 e. The molecule has 1 aromatic carbocycles. The van der Waals surface area contributed by atoms with Crippen LogP contribution in [-0.4, -0.2) is 16.5 Å². The SMILES string of the molecule is CCNc1nc(-c2ccc(Br)cc2Cl)nc(C)c1C. The molecule has 0 bridgehead atoms. The normalized spacial score (nSPS) is 10.6. The van der Waals surface area contributed by atoms with Crippen LogP contribution < -0.4 is 5.32 Å². The summed E-state index contributed by atoms with van der Waals surface area (Å²) in [6, 6.07) is 5.71. The highest BCUT2D eigenvalue weighted by Gasteiger charge is 2.12. The molecule has 2 aromatic rings. The molecule has 0 unspecified atom stereocenters. The zero-order valence-electron chi connectivity index (χ0n) is 11.1. The molecule has 1 N–H and O–H groups in total. The average Bonchev–Trinajstić information content (AvgIpc) is 2.35. The lowest BCUT2D eigenvalue weighted by Gasteiger charge is -2.12. The van der Waals surface area contributed by atoms with E-state index in [0.29, 0.717) is 10.8 Å². The van der Waals surface area contributed by atoms with Crippen molar-refractivity contribution in [2.45, 2.75) is 20.8 Å². The molecule has 19 heavy (non-hydrogen) atoms. The average molecular weight is 341 g/mol. The second kappa shape index (κ2) is 5.88. The highest BCUT2D eigenvalue weighted by Crippen LogP contribution is 2.30. The number of aromatic nitrogens is 2. The maximum atomic E-state index is 6.26. The Labute approximate surface area is 126 Å². The van der Waals surface area contributed by atoms with E-state index < -0.39 is 0 Å². The van der Waals surface area contributed by atoms with E-state index in [0.717, 1.165) is 33.7 Å². The third kappa shape index (κ3) is 3.07. The Morgan fingerprint density at radius 2 is 2.00 bits per heavy atom. The second-order valence-electron chi connectivity index (χ2n) is 4.26. The lowest BCUT2D eigenvalue weighted by molar-refractivity contribution is 1.05. The van der Waals surface area contributed by atoms with Gasteiger partial charge in [-0.2, -0.15) is 0 Å². The van der Waals surface area contributed by atoms with Gasteiger partial charge in [0.05, 0.1) is 5.02 Å². The Hall–Kier alpha value is -1.13. The minimum absolute atomic E-state index is 0.639. The number of rotatable bonds is 3. The van der Waals surface area contributed by atoms with Crippen molar-refractivity contribution in [2.24, 2.45) is 0 Å². The van der Waals surface area contributed by atoms with Crippen LogP contribution in [0.5, 0.6) is 0 Å². The Balaban J connectivity index is 2.56. The number of nitrogens with one attached hydrogen (secondary N) is 1. The maximum absolute atomic E-state index is 6.26. The first-order valence-corrected chi connectivity index (χ1v) is 7.24. The lowest BCUT2D eigenvalue weighted by atomic mass is 10.2. The lowest BCUT2D eigenvalue weighted by Crippen LogP contribution is -2.06. The standard InChI is InChI=1S/C14H15BrClN3/c1-4-17-13-8(2)9(3)18-14(19-13)11-6-5-10(15)7-12(11)16/h5-7H,4H2,1-3H3,(H,17,18,19). The number of nitrogens with zero attached hydrogens (tertiary/aromatic N) is 2. The van der Waals surface area contributed by atoms with Crippen molar-refractivity contribution in [3.63, 3.8) is 0 Å². The molecule has 0 aliphatic carbocycles. The summed E-state index contributed by atoms with van der Waals surface area (Å²) in [5, 5.41) is 3.89.